The Morgan fingerprint density at radius 2 is 2.12 bits per heavy atom. The number of isocyanates is 1. The number of para-hydroxylation sites is 1. The lowest BCUT2D eigenvalue weighted by molar-refractivity contribution is 0.565. The highest BCUT2D eigenvalue weighted by molar-refractivity contribution is 7.98. The number of benzene rings is 1. The summed E-state index contributed by atoms with van der Waals surface area (Å²) in [7, 11) is 0. The van der Waals surface area contributed by atoms with Gasteiger partial charge in [0.1, 0.15) is 0 Å². The molecule has 2 aromatic rings. The first-order valence-corrected chi connectivity index (χ1v) is 5.84. The first kappa shape index (κ1) is 10.7. The molecule has 0 amide bonds. The van der Waals surface area contributed by atoms with E-state index >= 15 is 0 Å². The molecule has 0 aliphatic heterocycles. The first-order chi connectivity index (χ1) is 7.86. The normalized spacial score (nSPS) is 9.81. The van der Waals surface area contributed by atoms with Crippen molar-refractivity contribution in [3.8, 4) is 5.69 Å². The molecule has 4 nitrogen and oxygen atoms in total. The standard InChI is InChI=1S/C11H9N3OS/c1-16-11-12-7-10(13-8-15)14(11)9-5-3-2-4-6-9/h2-7H,1H3. The van der Waals surface area contributed by atoms with E-state index in [0.29, 0.717) is 5.82 Å². The van der Waals surface area contributed by atoms with Gasteiger partial charge in [-0.25, -0.2) is 9.78 Å². The monoisotopic (exact) mass is 231 g/mol. The van der Waals surface area contributed by atoms with E-state index in [1.807, 2.05) is 41.2 Å². The number of thioether (sulfide) groups is 1. The number of hydrogen-bond donors (Lipinski definition) is 0. The highest BCUT2D eigenvalue weighted by Crippen LogP contribution is 2.25. The second kappa shape index (κ2) is 4.79. The van der Waals surface area contributed by atoms with Gasteiger partial charge in [-0.1, -0.05) is 30.0 Å². The summed E-state index contributed by atoms with van der Waals surface area (Å²) in [6.45, 7) is 0. The third-order valence-corrected chi connectivity index (χ3v) is 2.72. The molecule has 0 aliphatic rings. The summed E-state index contributed by atoms with van der Waals surface area (Å²) in [4.78, 5) is 18.1. The Morgan fingerprint density at radius 1 is 1.38 bits per heavy atom. The predicted molar refractivity (Wildman–Crippen MR) is 63.1 cm³/mol. The zero-order chi connectivity index (χ0) is 11.4. The van der Waals surface area contributed by atoms with Gasteiger partial charge in [-0.05, 0) is 18.4 Å². The van der Waals surface area contributed by atoms with E-state index in [1.165, 1.54) is 17.8 Å². The number of nitrogens with zero attached hydrogens (tertiary/aromatic N) is 3. The third kappa shape index (κ3) is 1.91. The Labute approximate surface area is 97.0 Å². The molecule has 80 valence electrons. The maximum atomic E-state index is 10.3. The molecular formula is C11H9N3OS. The van der Waals surface area contributed by atoms with Gasteiger partial charge in [0.2, 0.25) is 6.08 Å². The van der Waals surface area contributed by atoms with Gasteiger partial charge in [0.25, 0.3) is 0 Å². The number of carbonyl (C=O) groups excluding carboxylic acids is 1. The highest BCUT2D eigenvalue weighted by Gasteiger charge is 2.09. The van der Waals surface area contributed by atoms with Crippen LogP contribution < -0.4 is 0 Å². The lowest BCUT2D eigenvalue weighted by Crippen LogP contribution is -1.94. The van der Waals surface area contributed by atoms with Crippen LogP contribution in [0.4, 0.5) is 5.82 Å². The SMILES string of the molecule is CSc1ncc(N=C=O)n1-c1ccccc1. The first-order valence-electron chi connectivity index (χ1n) is 4.62. The lowest BCUT2D eigenvalue weighted by Gasteiger charge is -2.06. The molecule has 0 radical (unpaired) electrons. The topological polar surface area (TPSA) is 47.2 Å². The maximum Gasteiger partial charge on any atom is 0.242 e. The van der Waals surface area contributed by atoms with Crippen molar-refractivity contribution in [1.82, 2.24) is 9.55 Å². The van der Waals surface area contributed by atoms with Gasteiger partial charge in [-0.2, -0.15) is 0 Å². The molecular weight excluding hydrogens is 222 g/mol. The van der Waals surface area contributed by atoms with Crippen LogP contribution in [-0.2, 0) is 4.79 Å². The quantitative estimate of drug-likeness (QED) is 0.463. The van der Waals surface area contributed by atoms with Crippen LogP contribution in [0.2, 0.25) is 0 Å². The molecule has 2 rings (SSSR count). The Bertz CT molecular complexity index is 529. The Morgan fingerprint density at radius 3 is 2.75 bits per heavy atom. The van der Waals surface area contributed by atoms with E-state index in [9.17, 15) is 4.79 Å². The molecule has 16 heavy (non-hydrogen) atoms. The molecule has 5 heteroatoms. The summed E-state index contributed by atoms with van der Waals surface area (Å²) < 4.78 is 1.82. The molecule has 0 unspecified atom stereocenters. The Kier molecular flexibility index (Phi) is 3.19. The van der Waals surface area contributed by atoms with Crippen LogP contribution in [0.15, 0.2) is 46.7 Å². The minimum Gasteiger partial charge on any atom is -0.271 e. The summed E-state index contributed by atoms with van der Waals surface area (Å²) in [5.74, 6) is 0.491. The second-order valence-electron chi connectivity index (χ2n) is 2.98. The predicted octanol–water partition coefficient (Wildman–Crippen LogP) is 2.56. The minimum absolute atomic E-state index is 0.491. The van der Waals surface area contributed by atoms with Gasteiger partial charge < -0.3 is 0 Å². The average Bonchev–Trinajstić information content (AvgIpc) is 2.74. The molecule has 0 spiro atoms. The zero-order valence-corrected chi connectivity index (χ0v) is 9.44. The molecule has 0 N–H and O–H groups in total. The van der Waals surface area contributed by atoms with Gasteiger partial charge in [0, 0.05) is 5.69 Å². The van der Waals surface area contributed by atoms with Crippen molar-refractivity contribution < 1.29 is 4.79 Å². The molecule has 1 heterocycles. The number of aliphatic imine (C=N–C) groups is 1. The van der Waals surface area contributed by atoms with Crippen LogP contribution in [0.1, 0.15) is 0 Å². The molecule has 0 aliphatic carbocycles. The van der Waals surface area contributed by atoms with Crippen molar-refractivity contribution in [3.05, 3.63) is 36.5 Å². The highest BCUT2D eigenvalue weighted by atomic mass is 32.2. The fourth-order valence-corrected chi connectivity index (χ4v) is 1.96. The Hall–Kier alpha value is -1.84. The molecule has 0 fully saturated rings. The number of aromatic nitrogens is 2. The fourth-order valence-electron chi connectivity index (χ4n) is 1.42. The van der Waals surface area contributed by atoms with Crippen molar-refractivity contribution in [3.63, 3.8) is 0 Å². The van der Waals surface area contributed by atoms with E-state index < -0.39 is 0 Å². The summed E-state index contributed by atoms with van der Waals surface area (Å²) in [5.41, 5.74) is 0.929. The van der Waals surface area contributed by atoms with Gasteiger partial charge in [-0.3, -0.25) is 4.57 Å². The van der Waals surface area contributed by atoms with Crippen molar-refractivity contribution >= 4 is 23.7 Å². The van der Waals surface area contributed by atoms with E-state index in [2.05, 4.69) is 9.98 Å². The molecule has 1 aromatic heterocycles. The third-order valence-electron chi connectivity index (χ3n) is 2.07. The second-order valence-corrected chi connectivity index (χ2v) is 3.75. The smallest absolute Gasteiger partial charge is 0.242 e. The van der Waals surface area contributed by atoms with Crippen LogP contribution in [0.25, 0.3) is 5.69 Å². The lowest BCUT2D eigenvalue weighted by atomic mass is 10.3. The fraction of sp³-hybridized carbons (Fsp3) is 0.0909. The van der Waals surface area contributed by atoms with Crippen molar-refractivity contribution in [2.24, 2.45) is 4.99 Å². The van der Waals surface area contributed by atoms with Gasteiger partial charge in [-0.15, -0.1) is 4.99 Å². The van der Waals surface area contributed by atoms with E-state index in [-0.39, 0.29) is 0 Å². The van der Waals surface area contributed by atoms with Crippen LogP contribution in [0.3, 0.4) is 0 Å². The minimum atomic E-state index is 0.491. The van der Waals surface area contributed by atoms with Crippen molar-refractivity contribution in [2.75, 3.05) is 6.26 Å². The molecule has 0 atom stereocenters. The Balaban J connectivity index is 2.61. The van der Waals surface area contributed by atoms with Crippen molar-refractivity contribution in [2.45, 2.75) is 5.16 Å². The van der Waals surface area contributed by atoms with E-state index in [0.717, 1.165) is 10.8 Å². The molecule has 0 bridgehead atoms. The van der Waals surface area contributed by atoms with Gasteiger partial charge in [0.15, 0.2) is 11.0 Å². The van der Waals surface area contributed by atoms with Crippen LogP contribution in [0.5, 0.6) is 0 Å². The van der Waals surface area contributed by atoms with Gasteiger partial charge in [0.05, 0.1) is 6.20 Å². The summed E-state index contributed by atoms with van der Waals surface area (Å²) in [6.07, 6.45) is 5.02. The zero-order valence-electron chi connectivity index (χ0n) is 8.62. The average molecular weight is 231 g/mol. The van der Waals surface area contributed by atoms with Crippen LogP contribution in [0, 0.1) is 0 Å². The number of hydrogen-bond acceptors (Lipinski definition) is 4. The van der Waals surface area contributed by atoms with Crippen LogP contribution >= 0.6 is 11.8 Å². The number of imidazole rings is 1. The van der Waals surface area contributed by atoms with E-state index in [1.54, 1.807) is 6.20 Å². The largest absolute Gasteiger partial charge is 0.271 e. The number of rotatable bonds is 3. The summed E-state index contributed by atoms with van der Waals surface area (Å²) in [5, 5.41) is 0.792. The molecule has 0 saturated carbocycles. The molecule has 0 saturated heterocycles. The van der Waals surface area contributed by atoms with Crippen molar-refractivity contribution in [1.29, 1.82) is 0 Å². The maximum absolute atomic E-state index is 10.3. The van der Waals surface area contributed by atoms with Crippen LogP contribution in [-0.4, -0.2) is 21.9 Å². The van der Waals surface area contributed by atoms with Gasteiger partial charge >= 0.3 is 0 Å². The summed E-state index contributed by atoms with van der Waals surface area (Å²) >= 11 is 1.50. The summed E-state index contributed by atoms with van der Waals surface area (Å²) in [6, 6.07) is 9.65. The molecule has 1 aromatic carbocycles. The van der Waals surface area contributed by atoms with E-state index in [4.69, 9.17) is 0 Å².